The summed E-state index contributed by atoms with van der Waals surface area (Å²) in [5.74, 6) is -1.22. The molecule has 0 spiro atoms. The van der Waals surface area contributed by atoms with Crippen LogP contribution in [0.1, 0.15) is 50.2 Å². The van der Waals surface area contributed by atoms with Crippen molar-refractivity contribution in [3.05, 3.63) is 51.8 Å². The largest absolute Gasteiger partial charge is 0.451 e. The number of carbonyl (C=O) groups is 3. The molecule has 2 N–H and O–H groups in total. The van der Waals surface area contributed by atoms with Crippen molar-refractivity contribution in [2.45, 2.75) is 34.6 Å². The Morgan fingerprint density at radius 3 is 2.16 bits per heavy atom. The highest BCUT2D eigenvalue weighted by Crippen LogP contribution is 2.19. The third-order valence-electron chi connectivity index (χ3n) is 3.83. The first kappa shape index (κ1) is 18.4. The van der Waals surface area contributed by atoms with E-state index in [0.29, 0.717) is 22.5 Å². The zero-order valence-corrected chi connectivity index (χ0v) is 15.1. The van der Waals surface area contributed by atoms with Crippen LogP contribution in [0.5, 0.6) is 0 Å². The molecule has 0 unspecified atom stereocenters. The Balaban J connectivity index is 2.01. The average Bonchev–Trinajstić information content (AvgIpc) is 2.78. The SMILES string of the molecule is CC(=O)c1c(C)[nH]c(C(=O)OCC(=O)Nc2cc(C)cc(C)c2)c1C. The highest BCUT2D eigenvalue weighted by atomic mass is 16.5. The number of ether oxygens (including phenoxy) is 1. The van der Waals surface area contributed by atoms with E-state index in [9.17, 15) is 14.4 Å². The molecule has 0 radical (unpaired) electrons. The van der Waals surface area contributed by atoms with Crippen LogP contribution in [0.2, 0.25) is 0 Å². The Kier molecular flexibility index (Phi) is 5.41. The Morgan fingerprint density at radius 2 is 1.64 bits per heavy atom. The molecule has 1 amide bonds. The maximum Gasteiger partial charge on any atom is 0.355 e. The third kappa shape index (κ3) is 4.35. The van der Waals surface area contributed by atoms with E-state index in [-0.39, 0.29) is 11.5 Å². The van der Waals surface area contributed by atoms with E-state index in [2.05, 4.69) is 10.3 Å². The van der Waals surface area contributed by atoms with Crippen molar-refractivity contribution in [2.24, 2.45) is 0 Å². The summed E-state index contributed by atoms with van der Waals surface area (Å²) in [6.07, 6.45) is 0. The van der Waals surface area contributed by atoms with E-state index in [1.165, 1.54) is 6.92 Å². The molecule has 25 heavy (non-hydrogen) atoms. The van der Waals surface area contributed by atoms with Gasteiger partial charge in [0.2, 0.25) is 0 Å². The minimum Gasteiger partial charge on any atom is -0.451 e. The van der Waals surface area contributed by atoms with Crippen LogP contribution in [0.15, 0.2) is 18.2 Å². The minimum atomic E-state index is -0.663. The molecule has 2 rings (SSSR count). The van der Waals surface area contributed by atoms with Gasteiger partial charge in [-0.1, -0.05) is 6.07 Å². The fraction of sp³-hybridized carbons (Fsp3) is 0.316. The number of amides is 1. The summed E-state index contributed by atoms with van der Waals surface area (Å²) in [6.45, 7) is 8.30. The van der Waals surface area contributed by atoms with Crippen LogP contribution < -0.4 is 5.32 Å². The molecule has 0 aliphatic rings. The third-order valence-corrected chi connectivity index (χ3v) is 3.83. The maximum atomic E-state index is 12.2. The lowest BCUT2D eigenvalue weighted by Gasteiger charge is -2.08. The first-order chi connectivity index (χ1) is 11.7. The zero-order valence-electron chi connectivity index (χ0n) is 15.1. The predicted octanol–water partition coefficient (Wildman–Crippen LogP) is 3.25. The van der Waals surface area contributed by atoms with Crippen LogP contribution in [-0.4, -0.2) is 29.3 Å². The first-order valence-corrected chi connectivity index (χ1v) is 7.94. The molecule has 0 atom stereocenters. The summed E-state index contributed by atoms with van der Waals surface area (Å²) >= 11 is 0. The number of ketones is 1. The molecule has 0 aliphatic carbocycles. The van der Waals surface area contributed by atoms with Gasteiger partial charge >= 0.3 is 5.97 Å². The summed E-state index contributed by atoms with van der Waals surface area (Å²) in [7, 11) is 0. The summed E-state index contributed by atoms with van der Waals surface area (Å²) in [5, 5.41) is 2.70. The number of aromatic nitrogens is 1. The second kappa shape index (κ2) is 7.34. The number of H-pyrrole nitrogens is 1. The lowest BCUT2D eigenvalue weighted by molar-refractivity contribution is -0.119. The van der Waals surface area contributed by atoms with E-state index >= 15 is 0 Å². The highest BCUT2D eigenvalue weighted by molar-refractivity contribution is 6.01. The van der Waals surface area contributed by atoms with Crippen LogP contribution in [0.4, 0.5) is 5.69 Å². The molecule has 0 saturated heterocycles. The molecule has 0 fully saturated rings. The Hall–Kier alpha value is -2.89. The second-order valence-corrected chi connectivity index (χ2v) is 6.18. The summed E-state index contributed by atoms with van der Waals surface area (Å²) in [4.78, 5) is 38.6. The monoisotopic (exact) mass is 342 g/mol. The minimum absolute atomic E-state index is 0.127. The molecule has 1 heterocycles. The van der Waals surface area contributed by atoms with Crippen molar-refractivity contribution in [2.75, 3.05) is 11.9 Å². The van der Waals surface area contributed by atoms with Gasteiger partial charge in [-0.15, -0.1) is 0 Å². The van der Waals surface area contributed by atoms with E-state index in [1.54, 1.807) is 13.8 Å². The molecular weight excluding hydrogens is 320 g/mol. The first-order valence-electron chi connectivity index (χ1n) is 7.94. The number of nitrogens with one attached hydrogen (secondary N) is 2. The van der Waals surface area contributed by atoms with Gasteiger partial charge in [0.05, 0.1) is 0 Å². The Labute approximate surface area is 146 Å². The fourth-order valence-electron chi connectivity index (χ4n) is 2.93. The van der Waals surface area contributed by atoms with Crippen molar-refractivity contribution < 1.29 is 19.1 Å². The Bertz CT molecular complexity index is 829. The number of hydrogen-bond donors (Lipinski definition) is 2. The zero-order chi connectivity index (χ0) is 18.7. The number of rotatable bonds is 5. The topological polar surface area (TPSA) is 88.3 Å². The van der Waals surface area contributed by atoms with Gasteiger partial charge in [-0.2, -0.15) is 0 Å². The molecule has 6 nitrogen and oxygen atoms in total. The van der Waals surface area contributed by atoms with E-state index < -0.39 is 18.5 Å². The summed E-state index contributed by atoms with van der Waals surface area (Å²) in [6, 6.07) is 5.67. The van der Waals surface area contributed by atoms with Crippen molar-refractivity contribution in [3.8, 4) is 0 Å². The van der Waals surface area contributed by atoms with Gasteiger partial charge in [0.15, 0.2) is 12.4 Å². The molecule has 0 bridgehead atoms. The average molecular weight is 342 g/mol. The normalized spacial score (nSPS) is 10.4. The van der Waals surface area contributed by atoms with Gasteiger partial charge in [0.25, 0.3) is 5.91 Å². The van der Waals surface area contributed by atoms with E-state index in [4.69, 9.17) is 4.74 Å². The molecule has 1 aromatic heterocycles. The van der Waals surface area contributed by atoms with Gasteiger partial charge in [-0.3, -0.25) is 9.59 Å². The van der Waals surface area contributed by atoms with Gasteiger partial charge < -0.3 is 15.0 Å². The predicted molar refractivity (Wildman–Crippen MR) is 95.1 cm³/mol. The van der Waals surface area contributed by atoms with Gasteiger partial charge in [-0.05, 0) is 63.4 Å². The van der Waals surface area contributed by atoms with E-state index in [0.717, 1.165) is 11.1 Å². The molecule has 6 heteroatoms. The van der Waals surface area contributed by atoms with Gasteiger partial charge in [-0.25, -0.2) is 4.79 Å². The molecule has 2 aromatic rings. The lowest BCUT2D eigenvalue weighted by atomic mass is 10.1. The second-order valence-electron chi connectivity index (χ2n) is 6.18. The van der Waals surface area contributed by atoms with Crippen molar-refractivity contribution in [1.29, 1.82) is 0 Å². The van der Waals surface area contributed by atoms with Crippen LogP contribution >= 0.6 is 0 Å². The summed E-state index contributed by atoms with van der Waals surface area (Å²) in [5.41, 5.74) is 4.53. The number of esters is 1. The highest BCUT2D eigenvalue weighted by Gasteiger charge is 2.21. The van der Waals surface area contributed by atoms with E-state index in [1.807, 2.05) is 32.0 Å². The van der Waals surface area contributed by atoms with Crippen molar-refractivity contribution in [3.63, 3.8) is 0 Å². The Morgan fingerprint density at radius 1 is 1.04 bits per heavy atom. The fourth-order valence-corrected chi connectivity index (χ4v) is 2.93. The van der Waals surface area contributed by atoms with Gasteiger partial charge in [0.1, 0.15) is 5.69 Å². The van der Waals surface area contributed by atoms with Crippen LogP contribution in [0.25, 0.3) is 0 Å². The number of Topliss-reactive ketones (excluding diaryl/α,β-unsaturated/α-hetero) is 1. The van der Waals surface area contributed by atoms with Crippen LogP contribution in [0.3, 0.4) is 0 Å². The van der Waals surface area contributed by atoms with Crippen molar-refractivity contribution in [1.82, 2.24) is 4.98 Å². The number of hydrogen-bond acceptors (Lipinski definition) is 4. The maximum absolute atomic E-state index is 12.2. The molecule has 1 aromatic carbocycles. The number of aromatic amines is 1. The number of carbonyl (C=O) groups excluding carboxylic acids is 3. The smallest absolute Gasteiger partial charge is 0.355 e. The van der Waals surface area contributed by atoms with Crippen LogP contribution in [0, 0.1) is 27.7 Å². The lowest BCUT2D eigenvalue weighted by Crippen LogP contribution is -2.21. The van der Waals surface area contributed by atoms with Gasteiger partial charge in [0, 0.05) is 16.9 Å². The molecular formula is C19H22N2O4. The standard InChI is InChI=1S/C19H22N2O4/c1-10-6-11(2)8-15(7-10)21-16(23)9-25-19(24)18-12(3)17(14(5)22)13(4)20-18/h6-8,20H,9H2,1-5H3,(H,21,23). The molecule has 0 saturated carbocycles. The number of anilines is 1. The molecule has 132 valence electrons. The number of aryl methyl sites for hydroxylation is 3. The van der Waals surface area contributed by atoms with Crippen LogP contribution in [-0.2, 0) is 9.53 Å². The number of benzene rings is 1. The van der Waals surface area contributed by atoms with Crippen molar-refractivity contribution >= 4 is 23.3 Å². The summed E-state index contributed by atoms with van der Waals surface area (Å²) < 4.78 is 5.06. The quantitative estimate of drug-likeness (QED) is 0.645. The molecule has 0 aliphatic heterocycles.